The van der Waals surface area contributed by atoms with Crippen molar-refractivity contribution in [3.8, 4) is 0 Å². The molecule has 1 amide bonds. The fourth-order valence-corrected chi connectivity index (χ4v) is 5.38. The van der Waals surface area contributed by atoms with Crippen LogP contribution in [0.25, 0.3) is 0 Å². The van der Waals surface area contributed by atoms with Gasteiger partial charge < -0.3 is 5.32 Å². The molecular weight excluding hydrogens is 449 g/mol. The first-order chi connectivity index (χ1) is 12.8. The summed E-state index contributed by atoms with van der Waals surface area (Å²) < 4.78 is 26.4. The first-order valence-corrected chi connectivity index (χ1v) is 11.5. The minimum atomic E-state index is -3.69. The van der Waals surface area contributed by atoms with Gasteiger partial charge in [-0.3, -0.25) is 4.79 Å². The number of thiazole rings is 1. The number of aromatic nitrogens is 1. The number of hydrogen-bond acceptors (Lipinski definition) is 6. The molecule has 6 nitrogen and oxygen atoms in total. The minimum Gasteiger partial charge on any atom is -0.301 e. The second kappa shape index (κ2) is 8.68. The maximum Gasteiger partial charge on any atom is 0.250 e. The number of thiophene rings is 1. The van der Waals surface area contributed by atoms with E-state index in [9.17, 15) is 13.2 Å². The van der Waals surface area contributed by atoms with Gasteiger partial charge in [0.15, 0.2) is 5.13 Å². The summed E-state index contributed by atoms with van der Waals surface area (Å²) in [6.07, 6.45) is 2.16. The van der Waals surface area contributed by atoms with Crippen LogP contribution in [0.15, 0.2) is 46.1 Å². The van der Waals surface area contributed by atoms with Crippen molar-refractivity contribution in [3.05, 3.63) is 62.4 Å². The smallest absolute Gasteiger partial charge is 0.250 e. The largest absolute Gasteiger partial charge is 0.301 e. The van der Waals surface area contributed by atoms with Crippen LogP contribution in [0, 0.1) is 0 Å². The highest BCUT2D eigenvalue weighted by Crippen LogP contribution is 2.27. The number of hydrogen-bond donors (Lipinski definition) is 2. The van der Waals surface area contributed by atoms with E-state index in [4.69, 9.17) is 23.2 Å². The van der Waals surface area contributed by atoms with Gasteiger partial charge in [0.1, 0.15) is 4.21 Å². The molecule has 0 saturated heterocycles. The van der Waals surface area contributed by atoms with E-state index in [1.54, 1.807) is 35.8 Å². The van der Waals surface area contributed by atoms with Crippen molar-refractivity contribution < 1.29 is 13.2 Å². The van der Waals surface area contributed by atoms with Gasteiger partial charge in [-0.05, 0) is 35.2 Å². The van der Waals surface area contributed by atoms with Crippen LogP contribution in [0.5, 0.6) is 0 Å². The molecule has 2 heterocycles. The van der Waals surface area contributed by atoms with Crippen LogP contribution in [0.3, 0.4) is 0 Å². The molecule has 0 fully saturated rings. The monoisotopic (exact) mass is 461 g/mol. The number of sulfonamides is 1. The predicted molar refractivity (Wildman–Crippen MR) is 110 cm³/mol. The molecule has 0 unspecified atom stereocenters. The van der Waals surface area contributed by atoms with Gasteiger partial charge in [0.2, 0.25) is 5.91 Å². The molecule has 0 spiro atoms. The summed E-state index contributed by atoms with van der Waals surface area (Å²) in [6, 6.07) is 8.31. The first kappa shape index (κ1) is 20.2. The van der Waals surface area contributed by atoms with Crippen molar-refractivity contribution in [2.75, 3.05) is 11.9 Å². The molecule has 0 aliphatic heterocycles. The summed E-state index contributed by atoms with van der Waals surface area (Å²) in [5.41, 5.74) is 0.856. The Hall–Kier alpha value is -1.49. The number of anilines is 1. The SMILES string of the molecule is O=C(CNS(=O)(=O)c1cccs1)Nc1ncc(Cc2cc(Cl)ccc2Cl)s1. The van der Waals surface area contributed by atoms with Gasteiger partial charge in [-0.15, -0.1) is 22.7 Å². The van der Waals surface area contributed by atoms with Gasteiger partial charge in [-0.1, -0.05) is 29.3 Å². The maximum atomic E-state index is 12.0. The summed E-state index contributed by atoms with van der Waals surface area (Å²) in [5.74, 6) is -0.503. The van der Waals surface area contributed by atoms with Gasteiger partial charge >= 0.3 is 0 Å². The van der Waals surface area contributed by atoms with E-state index < -0.39 is 15.9 Å². The number of halogens is 2. The molecule has 3 rings (SSSR count). The molecular formula is C16H13Cl2N3O3S3. The van der Waals surface area contributed by atoms with E-state index in [1.807, 2.05) is 0 Å². The number of nitrogens with one attached hydrogen (secondary N) is 2. The number of carbonyl (C=O) groups is 1. The van der Waals surface area contributed by atoms with Crippen molar-refractivity contribution >= 4 is 66.9 Å². The standard InChI is InChI=1S/C16H13Cl2N3O3S3/c17-11-3-4-13(18)10(6-11)7-12-8-19-16(26-12)21-14(22)9-20-27(23,24)15-2-1-5-25-15/h1-6,8,20H,7,9H2,(H,19,21,22). The van der Waals surface area contributed by atoms with Crippen LogP contribution in [0.4, 0.5) is 5.13 Å². The third-order valence-electron chi connectivity index (χ3n) is 3.36. The predicted octanol–water partition coefficient (Wildman–Crippen LogP) is 4.02. The lowest BCUT2D eigenvalue weighted by molar-refractivity contribution is -0.115. The van der Waals surface area contributed by atoms with Crippen molar-refractivity contribution in [1.29, 1.82) is 0 Å². The highest BCUT2D eigenvalue weighted by molar-refractivity contribution is 7.91. The number of benzene rings is 1. The zero-order chi connectivity index (χ0) is 19.4. The molecule has 27 heavy (non-hydrogen) atoms. The molecule has 0 radical (unpaired) electrons. The quantitative estimate of drug-likeness (QED) is 0.555. The molecule has 0 bridgehead atoms. The molecule has 0 saturated carbocycles. The van der Waals surface area contributed by atoms with Gasteiger partial charge in [-0.2, -0.15) is 0 Å². The Bertz CT molecular complexity index is 1050. The van der Waals surface area contributed by atoms with Crippen molar-refractivity contribution in [2.45, 2.75) is 10.6 Å². The van der Waals surface area contributed by atoms with Gasteiger partial charge in [0.05, 0.1) is 6.54 Å². The van der Waals surface area contributed by atoms with Gasteiger partial charge in [0.25, 0.3) is 10.0 Å². The molecule has 2 aromatic heterocycles. The Labute approximate surface area is 174 Å². The summed E-state index contributed by atoms with van der Waals surface area (Å²) in [7, 11) is -3.69. The highest BCUT2D eigenvalue weighted by Gasteiger charge is 2.17. The lowest BCUT2D eigenvalue weighted by atomic mass is 10.1. The van der Waals surface area contributed by atoms with Gasteiger partial charge in [-0.25, -0.2) is 18.1 Å². The highest BCUT2D eigenvalue weighted by atomic mass is 35.5. The van der Waals surface area contributed by atoms with E-state index in [0.717, 1.165) is 21.8 Å². The zero-order valence-corrected chi connectivity index (χ0v) is 17.6. The van der Waals surface area contributed by atoms with Crippen LogP contribution >= 0.6 is 45.9 Å². The number of rotatable bonds is 7. The van der Waals surface area contributed by atoms with E-state index in [2.05, 4.69) is 15.0 Å². The third kappa shape index (κ3) is 5.50. The summed E-state index contributed by atoms with van der Waals surface area (Å²) in [4.78, 5) is 17.0. The zero-order valence-electron chi connectivity index (χ0n) is 13.6. The molecule has 0 aliphatic rings. The normalized spacial score (nSPS) is 11.5. The Morgan fingerprint density at radius 3 is 2.78 bits per heavy atom. The fourth-order valence-electron chi connectivity index (χ4n) is 2.13. The number of carbonyl (C=O) groups excluding carboxylic acids is 1. The van der Waals surface area contributed by atoms with E-state index in [0.29, 0.717) is 21.6 Å². The molecule has 0 aliphatic carbocycles. The average molecular weight is 462 g/mol. The minimum absolute atomic E-state index is 0.158. The van der Waals surface area contributed by atoms with E-state index in [1.165, 1.54) is 17.4 Å². The molecule has 3 aromatic rings. The van der Waals surface area contributed by atoms with Crippen LogP contribution in [0.1, 0.15) is 10.4 Å². The molecule has 0 atom stereocenters. The number of amides is 1. The third-order valence-corrected chi connectivity index (χ3v) is 7.67. The topological polar surface area (TPSA) is 88.2 Å². The van der Waals surface area contributed by atoms with E-state index in [-0.39, 0.29) is 10.8 Å². The van der Waals surface area contributed by atoms with Crippen LogP contribution in [0.2, 0.25) is 10.0 Å². The lowest BCUT2D eigenvalue weighted by Crippen LogP contribution is -2.32. The molecule has 2 N–H and O–H groups in total. The maximum absolute atomic E-state index is 12.0. The van der Waals surface area contributed by atoms with Crippen molar-refractivity contribution in [2.24, 2.45) is 0 Å². The Morgan fingerprint density at radius 1 is 1.22 bits per heavy atom. The Morgan fingerprint density at radius 2 is 2.04 bits per heavy atom. The Balaban J connectivity index is 1.57. The molecule has 1 aromatic carbocycles. The lowest BCUT2D eigenvalue weighted by Gasteiger charge is -2.04. The second-order valence-corrected chi connectivity index (χ2v) is 10.2. The van der Waals surface area contributed by atoms with Gasteiger partial charge in [0, 0.05) is 27.5 Å². The van der Waals surface area contributed by atoms with E-state index >= 15 is 0 Å². The van der Waals surface area contributed by atoms with Crippen molar-refractivity contribution in [3.63, 3.8) is 0 Å². The molecule has 11 heteroatoms. The summed E-state index contributed by atoms with van der Waals surface area (Å²) >= 11 is 14.5. The van der Waals surface area contributed by atoms with Crippen LogP contribution in [-0.4, -0.2) is 25.9 Å². The average Bonchev–Trinajstić information content (AvgIpc) is 3.29. The fraction of sp³-hybridized carbons (Fsp3) is 0.125. The first-order valence-electron chi connectivity index (χ1n) is 7.55. The van der Waals surface area contributed by atoms with Crippen LogP contribution < -0.4 is 10.0 Å². The van der Waals surface area contributed by atoms with Crippen molar-refractivity contribution in [1.82, 2.24) is 9.71 Å². The summed E-state index contributed by atoms with van der Waals surface area (Å²) in [6.45, 7) is -0.380. The Kier molecular flexibility index (Phi) is 6.51. The van der Waals surface area contributed by atoms with Crippen LogP contribution in [-0.2, 0) is 21.2 Å². The molecule has 142 valence electrons. The summed E-state index contributed by atoms with van der Waals surface area (Å²) in [5, 5.41) is 5.79. The number of nitrogens with zero attached hydrogens (tertiary/aromatic N) is 1. The second-order valence-electron chi connectivity index (χ2n) is 5.35.